The quantitative estimate of drug-likeness (QED) is 0.767. The molecular weight excluding hydrogens is 224 g/mol. The molecule has 7 nitrogen and oxygen atoms in total. The molecule has 7 heteroatoms. The van der Waals surface area contributed by atoms with Gasteiger partial charge in [-0.1, -0.05) is 5.21 Å². The lowest BCUT2D eigenvalue weighted by atomic mass is 9.98. The Bertz CT molecular complexity index is 443. The molecular formula is C10H14N4O3. The minimum absolute atomic E-state index is 0.246. The van der Waals surface area contributed by atoms with Crippen LogP contribution in [0.3, 0.4) is 0 Å². The lowest BCUT2D eigenvalue weighted by molar-refractivity contribution is -0.143. The molecule has 0 aliphatic carbocycles. The van der Waals surface area contributed by atoms with Crippen molar-refractivity contribution in [3.8, 4) is 0 Å². The Kier molecular flexibility index (Phi) is 3.08. The van der Waals surface area contributed by atoms with Crippen LogP contribution >= 0.6 is 0 Å². The average molecular weight is 238 g/mol. The first kappa shape index (κ1) is 11.6. The van der Waals surface area contributed by atoms with Crippen LogP contribution in [0.15, 0.2) is 6.20 Å². The molecule has 0 saturated carbocycles. The molecule has 2 rings (SSSR count). The summed E-state index contributed by atoms with van der Waals surface area (Å²) in [6.45, 7) is 0.837. The first-order chi connectivity index (χ1) is 8.08. The molecule has 1 N–H and O–H groups in total. The van der Waals surface area contributed by atoms with Crippen molar-refractivity contribution < 1.29 is 14.7 Å². The van der Waals surface area contributed by atoms with Crippen molar-refractivity contribution >= 4 is 11.9 Å². The summed E-state index contributed by atoms with van der Waals surface area (Å²) < 4.78 is 1.45. The van der Waals surface area contributed by atoms with Gasteiger partial charge in [-0.15, -0.1) is 5.10 Å². The molecule has 0 aromatic carbocycles. The van der Waals surface area contributed by atoms with Crippen molar-refractivity contribution in [3.63, 3.8) is 0 Å². The molecule has 1 aliphatic heterocycles. The molecule has 1 fully saturated rings. The summed E-state index contributed by atoms with van der Waals surface area (Å²) in [7, 11) is 1.68. The van der Waals surface area contributed by atoms with E-state index in [1.165, 1.54) is 15.8 Å². The van der Waals surface area contributed by atoms with Crippen LogP contribution < -0.4 is 0 Å². The highest BCUT2D eigenvalue weighted by atomic mass is 16.4. The van der Waals surface area contributed by atoms with E-state index in [1.807, 2.05) is 0 Å². The Morgan fingerprint density at radius 3 is 2.88 bits per heavy atom. The lowest BCUT2D eigenvalue weighted by Gasteiger charge is -2.29. The largest absolute Gasteiger partial charge is 0.481 e. The summed E-state index contributed by atoms with van der Waals surface area (Å²) in [5, 5.41) is 16.4. The third-order valence-electron chi connectivity index (χ3n) is 2.88. The van der Waals surface area contributed by atoms with E-state index in [1.54, 1.807) is 7.05 Å². The van der Waals surface area contributed by atoms with Gasteiger partial charge in [0.1, 0.15) is 0 Å². The van der Waals surface area contributed by atoms with Gasteiger partial charge in [0, 0.05) is 20.1 Å². The van der Waals surface area contributed by atoms with Gasteiger partial charge in [0.05, 0.1) is 12.1 Å². The van der Waals surface area contributed by atoms with Crippen LogP contribution in [0.4, 0.5) is 0 Å². The maximum Gasteiger partial charge on any atom is 0.308 e. The van der Waals surface area contributed by atoms with Gasteiger partial charge in [-0.2, -0.15) is 0 Å². The zero-order valence-electron chi connectivity index (χ0n) is 9.54. The highest BCUT2D eigenvalue weighted by molar-refractivity contribution is 5.92. The normalized spacial score (nSPS) is 20.3. The summed E-state index contributed by atoms with van der Waals surface area (Å²) in [5.41, 5.74) is 0.263. The zero-order valence-corrected chi connectivity index (χ0v) is 9.54. The number of amides is 1. The average Bonchev–Trinajstić information content (AvgIpc) is 2.75. The number of aryl methyl sites for hydroxylation is 1. The second kappa shape index (κ2) is 4.52. The summed E-state index contributed by atoms with van der Waals surface area (Å²) >= 11 is 0. The second-order valence-electron chi connectivity index (χ2n) is 4.21. The van der Waals surface area contributed by atoms with Crippen molar-refractivity contribution in [1.82, 2.24) is 19.9 Å². The molecule has 1 aromatic heterocycles. The Balaban J connectivity index is 2.07. The molecule has 2 heterocycles. The molecule has 1 unspecified atom stereocenters. The molecule has 17 heavy (non-hydrogen) atoms. The standard InChI is InChI=1S/C10H14N4O3/c1-13-6-8(11-12-13)9(15)14-4-2-3-7(5-14)10(16)17/h6-7H,2-5H2,1H3,(H,16,17). The van der Waals surface area contributed by atoms with E-state index < -0.39 is 11.9 Å². The van der Waals surface area contributed by atoms with Crippen LogP contribution in [-0.2, 0) is 11.8 Å². The number of piperidine rings is 1. The second-order valence-corrected chi connectivity index (χ2v) is 4.21. The van der Waals surface area contributed by atoms with Gasteiger partial charge in [-0.25, -0.2) is 0 Å². The molecule has 0 spiro atoms. The van der Waals surface area contributed by atoms with Gasteiger partial charge in [-0.3, -0.25) is 14.3 Å². The minimum Gasteiger partial charge on any atom is -0.481 e. The number of likely N-dealkylation sites (tertiary alicyclic amines) is 1. The van der Waals surface area contributed by atoms with Crippen molar-refractivity contribution in [1.29, 1.82) is 0 Å². The molecule has 1 amide bonds. The number of hydrogen-bond acceptors (Lipinski definition) is 4. The van der Waals surface area contributed by atoms with Crippen LogP contribution in [0.25, 0.3) is 0 Å². The zero-order chi connectivity index (χ0) is 12.4. The molecule has 0 radical (unpaired) electrons. The summed E-state index contributed by atoms with van der Waals surface area (Å²) in [6, 6.07) is 0. The fourth-order valence-electron chi connectivity index (χ4n) is 1.97. The van der Waals surface area contributed by atoms with Crippen molar-refractivity contribution in [2.45, 2.75) is 12.8 Å². The molecule has 1 atom stereocenters. The van der Waals surface area contributed by atoms with E-state index in [0.29, 0.717) is 19.4 Å². The Hall–Kier alpha value is -1.92. The van der Waals surface area contributed by atoms with Gasteiger partial charge in [0.2, 0.25) is 0 Å². The smallest absolute Gasteiger partial charge is 0.308 e. The van der Waals surface area contributed by atoms with E-state index >= 15 is 0 Å². The van der Waals surface area contributed by atoms with Crippen LogP contribution in [0.2, 0.25) is 0 Å². The van der Waals surface area contributed by atoms with Gasteiger partial charge < -0.3 is 10.0 Å². The number of carboxylic acids is 1. The van der Waals surface area contributed by atoms with E-state index in [0.717, 1.165) is 0 Å². The van der Waals surface area contributed by atoms with Crippen molar-refractivity contribution in [2.24, 2.45) is 13.0 Å². The maximum atomic E-state index is 12.0. The monoisotopic (exact) mass is 238 g/mol. The maximum absolute atomic E-state index is 12.0. The van der Waals surface area contributed by atoms with Gasteiger partial charge in [0.25, 0.3) is 5.91 Å². The van der Waals surface area contributed by atoms with Gasteiger partial charge >= 0.3 is 5.97 Å². The highest BCUT2D eigenvalue weighted by Crippen LogP contribution is 2.18. The summed E-state index contributed by atoms with van der Waals surface area (Å²) in [6.07, 6.45) is 2.87. The predicted octanol–water partition coefficient (Wildman–Crippen LogP) is -0.248. The number of carbonyl (C=O) groups excluding carboxylic acids is 1. The fourth-order valence-corrected chi connectivity index (χ4v) is 1.97. The number of nitrogens with zero attached hydrogens (tertiary/aromatic N) is 4. The predicted molar refractivity (Wildman–Crippen MR) is 57.3 cm³/mol. The first-order valence-corrected chi connectivity index (χ1v) is 5.46. The Morgan fingerprint density at radius 2 is 2.29 bits per heavy atom. The number of hydrogen-bond donors (Lipinski definition) is 1. The SMILES string of the molecule is Cn1cc(C(=O)N2CCCC(C(=O)O)C2)nn1. The van der Waals surface area contributed by atoms with E-state index in [2.05, 4.69) is 10.3 Å². The van der Waals surface area contributed by atoms with Crippen LogP contribution in [0, 0.1) is 5.92 Å². The number of carbonyl (C=O) groups is 2. The number of rotatable bonds is 2. The first-order valence-electron chi connectivity index (χ1n) is 5.46. The van der Waals surface area contributed by atoms with Crippen molar-refractivity contribution in [2.75, 3.05) is 13.1 Å². The number of aromatic nitrogens is 3. The van der Waals surface area contributed by atoms with E-state index in [9.17, 15) is 9.59 Å². The Labute approximate surface area is 98.0 Å². The number of aliphatic carboxylic acids is 1. The third kappa shape index (κ3) is 2.43. The molecule has 1 aromatic rings. The topological polar surface area (TPSA) is 88.3 Å². The van der Waals surface area contributed by atoms with E-state index in [4.69, 9.17) is 5.11 Å². The van der Waals surface area contributed by atoms with E-state index in [-0.39, 0.29) is 18.1 Å². The molecule has 92 valence electrons. The molecule has 0 bridgehead atoms. The third-order valence-corrected chi connectivity index (χ3v) is 2.88. The Morgan fingerprint density at radius 1 is 1.53 bits per heavy atom. The number of carboxylic acid groups (broad SMARTS) is 1. The lowest BCUT2D eigenvalue weighted by Crippen LogP contribution is -2.42. The van der Waals surface area contributed by atoms with Gasteiger partial charge in [0.15, 0.2) is 5.69 Å². The van der Waals surface area contributed by atoms with Crippen molar-refractivity contribution in [3.05, 3.63) is 11.9 Å². The molecule has 1 aliphatic rings. The highest BCUT2D eigenvalue weighted by Gasteiger charge is 2.29. The minimum atomic E-state index is -0.846. The summed E-state index contributed by atoms with van der Waals surface area (Å²) in [4.78, 5) is 24.4. The van der Waals surface area contributed by atoms with Crippen LogP contribution in [-0.4, -0.2) is 50.0 Å². The van der Waals surface area contributed by atoms with Crippen LogP contribution in [0.1, 0.15) is 23.3 Å². The fraction of sp³-hybridized carbons (Fsp3) is 0.600. The molecule has 1 saturated heterocycles. The van der Waals surface area contributed by atoms with Gasteiger partial charge in [-0.05, 0) is 12.8 Å². The van der Waals surface area contributed by atoms with Crippen LogP contribution in [0.5, 0.6) is 0 Å². The summed E-state index contributed by atoms with van der Waals surface area (Å²) in [5.74, 6) is -1.56.